The Kier molecular flexibility index (Phi) is 3.72. The highest BCUT2D eigenvalue weighted by atomic mass is 16.5. The highest BCUT2D eigenvalue weighted by Gasteiger charge is 2.41. The predicted molar refractivity (Wildman–Crippen MR) is 100 cm³/mol. The lowest BCUT2D eigenvalue weighted by molar-refractivity contribution is -0.445. The molecule has 4 heterocycles. The van der Waals surface area contributed by atoms with Crippen LogP contribution in [0.5, 0.6) is 0 Å². The van der Waals surface area contributed by atoms with Gasteiger partial charge in [0.05, 0.1) is 18.6 Å². The van der Waals surface area contributed by atoms with Crippen molar-refractivity contribution < 1.29 is 18.6 Å². The van der Waals surface area contributed by atoms with E-state index in [0.717, 1.165) is 16.8 Å². The van der Waals surface area contributed by atoms with Crippen molar-refractivity contribution >= 4 is 40.0 Å². The number of nitrogen functional groups attached to an aromatic ring is 2. The fourth-order valence-electron chi connectivity index (χ4n) is 3.62. The van der Waals surface area contributed by atoms with Gasteiger partial charge in [0.1, 0.15) is 5.82 Å². The summed E-state index contributed by atoms with van der Waals surface area (Å²) in [6, 6.07) is 5.54. The summed E-state index contributed by atoms with van der Waals surface area (Å²) in [7, 11) is 0. The van der Waals surface area contributed by atoms with Gasteiger partial charge >= 0.3 is 5.82 Å². The minimum absolute atomic E-state index is 0.00852. The Morgan fingerprint density at radius 2 is 2.00 bits per heavy atom. The summed E-state index contributed by atoms with van der Waals surface area (Å²) in [6.45, 7) is 2.44. The summed E-state index contributed by atoms with van der Waals surface area (Å²) in [6.07, 6.45) is 1.40. The standard InChI is InChI=1S/C18H17N7O3/c19-16-11-7-10(1-2-12(11)28-23-16)15-14-17(20)21-9-22-18(14)25(15)8-13(26)24-3-5-27-6-4-24/h1-2,7,9,20H,3-6,8H2,(H2,19,23)/p+1. The van der Waals surface area contributed by atoms with Gasteiger partial charge in [-0.3, -0.25) is 4.79 Å². The monoisotopic (exact) mass is 380 g/mol. The van der Waals surface area contributed by atoms with Crippen LogP contribution in [-0.4, -0.2) is 69.1 Å². The second-order valence-corrected chi connectivity index (χ2v) is 6.66. The number of carbonyl (C=O) groups is 1. The van der Waals surface area contributed by atoms with Crippen LogP contribution in [0.3, 0.4) is 0 Å². The Balaban J connectivity index is 1.57. The van der Waals surface area contributed by atoms with E-state index in [1.165, 1.54) is 6.33 Å². The molecule has 28 heavy (non-hydrogen) atoms. The highest BCUT2D eigenvalue weighted by Crippen LogP contribution is 2.34. The summed E-state index contributed by atoms with van der Waals surface area (Å²) in [5, 5.41) is 4.49. The Morgan fingerprint density at radius 1 is 1.18 bits per heavy atom. The molecular formula is C18H18N7O3+. The number of ether oxygens (including phenoxy) is 1. The fraction of sp³-hybridized carbons (Fsp3) is 0.278. The summed E-state index contributed by atoms with van der Waals surface area (Å²) >= 11 is 0. The van der Waals surface area contributed by atoms with Crippen LogP contribution in [0, 0.1) is 0 Å². The first kappa shape index (κ1) is 16.6. The molecule has 3 aromatic rings. The molecule has 2 aliphatic rings. The third-order valence-corrected chi connectivity index (χ3v) is 5.05. The number of amides is 1. The Labute approximate surface area is 159 Å². The quantitative estimate of drug-likeness (QED) is 0.612. The van der Waals surface area contributed by atoms with Gasteiger partial charge in [0, 0.05) is 18.7 Å². The van der Waals surface area contributed by atoms with Gasteiger partial charge in [-0.2, -0.15) is 4.98 Å². The van der Waals surface area contributed by atoms with E-state index in [1.807, 2.05) is 16.7 Å². The van der Waals surface area contributed by atoms with Crippen LogP contribution in [0.25, 0.3) is 11.0 Å². The second kappa shape index (κ2) is 6.27. The molecule has 0 aliphatic carbocycles. The maximum atomic E-state index is 12.8. The Hall–Kier alpha value is -3.53. The first-order chi connectivity index (χ1) is 13.6. The van der Waals surface area contributed by atoms with Gasteiger partial charge in [0.2, 0.25) is 6.33 Å². The minimum atomic E-state index is 0.00852. The molecule has 0 atom stereocenters. The maximum Gasteiger partial charge on any atom is 0.341 e. The first-order valence-corrected chi connectivity index (χ1v) is 8.89. The predicted octanol–water partition coefficient (Wildman–Crippen LogP) is 0.136. The van der Waals surface area contributed by atoms with Gasteiger partial charge in [-0.1, -0.05) is 5.16 Å². The topological polar surface area (TPSA) is 136 Å². The molecule has 4 N–H and O–H groups in total. The molecule has 0 saturated carbocycles. The number of hydrogen-bond donors (Lipinski definition) is 2. The number of hydrogen-bond acceptors (Lipinski definition) is 8. The van der Waals surface area contributed by atoms with Gasteiger partial charge in [0.15, 0.2) is 29.2 Å². The lowest BCUT2D eigenvalue weighted by Gasteiger charge is -2.28. The third-order valence-electron chi connectivity index (χ3n) is 5.05. The lowest BCUT2D eigenvalue weighted by atomic mass is 9.96. The van der Waals surface area contributed by atoms with E-state index in [0.29, 0.717) is 54.7 Å². The van der Waals surface area contributed by atoms with E-state index in [2.05, 4.69) is 15.1 Å². The van der Waals surface area contributed by atoms with Gasteiger partial charge in [-0.05, 0) is 23.2 Å². The number of morpholine rings is 1. The average molecular weight is 380 g/mol. The molecule has 1 fully saturated rings. The first-order valence-electron chi connectivity index (χ1n) is 8.89. The zero-order chi connectivity index (χ0) is 19.3. The number of rotatable bonds is 3. The van der Waals surface area contributed by atoms with E-state index in [1.54, 1.807) is 11.0 Å². The molecule has 10 nitrogen and oxygen atoms in total. The molecule has 0 radical (unpaired) electrons. The molecule has 2 aromatic heterocycles. The molecule has 142 valence electrons. The van der Waals surface area contributed by atoms with Crippen molar-refractivity contribution in [3.8, 4) is 0 Å². The van der Waals surface area contributed by atoms with E-state index < -0.39 is 0 Å². The van der Waals surface area contributed by atoms with Crippen molar-refractivity contribution in [2.75, 3.05) is 44.3 Å². The van der Waals surface area contributed by atoms with Gasteiger partial charge in [-0.15, -0.1) is 0 Å². The second-order valence-electron chi connectivity index (χ2n) is 6.66. The maximum absolute atomic E-state index is 12.8. The smallest absolute Gasteiger partial charge is 0.341 e. The van der Waals surface area contributed by atoms with Gasteiger partial charge in [-0.25, -0.2) is 4.58 Å². The fourth-order valence-corrected chi connectivity index (χ4v) is 3.62. The van der Waals surface area contributed by atoms with Crippen LogP contribution in [-0.2, 0) is 9.53 Å². The van der Waals surface area contributed by atoms with Gasteiger partial charge in [0.25, 0.3) is 5.91 Å². The SMILES string of the molecule is Nc1ncnc2c1C(c1ccc3onc(N)c3c1)=[N+]2CC(=O)N1CCOCC1. The molecule has 0 bridgehead atoms. The highest BCUT2D eigenvalue weighted by molar-refractivity contribution is 6.19. The van der Waals surface area contributed by atoms with Crippen LogP contribution in [0.1, 0.15) is 11.1 Å². The van der Waals surface area contributed by atoms with Gasteiger partial charge < -0.3 is 25.6 Å². The number of benzene rings is 1. The van der Waals surface area contributed by atoms with Crippen LogP contribution in [0.4, 0.5) is 17.5 Å². The average Bonchev–Trinajstić information content (AvgIpc) is 3.08. The molecule has 1 saturated heterocycles. The number of carbonyl (C=O) groups excluding carboxylic acids is 1. The van der Waals surface area contributed by atoms with E-state index >= 15 is 0 Å². The summed E-state index contributed by atoms with van der Waals surface area (Å²) in [5.41, 5.74) is 14.9. The van der Waals surface area contributed by atoms with Crippen molar-refractivity contribution in [3.63, 3.8) is 0 Å². The van der Waals surface area contributed by atoms with Crippen molar-refractivity contribution in [1.29, 1.82) is 0 Å². The molecule has 0 unspecified atom stereocenters. The molecule has 5 rings (SSSR count). The van der Waals surface area contributed by atoms with Crippen LogP contribution < -0.4 is 11.5 Å². The molecule has 10 heteroatoms. The number of nitrogens with zero attached hydrogens (tertiary/aromatic N) is 5. The third kappa shape index (κ3) is 2.49. The Morgan fingerprint density at radius 3 is 2.82 bits per heavy atom. The summed E-state index contributed by atoms with van der Waals surface area (Å²) < 4.78 is 12.4. The molecule has 2 aliphatic heterocycles. The molecule has 1 amide bonds. The van der Waals surface area contributed by atoms with Crippen molar-refractivity contribution in [2.45, 2.75) is 0 Å². The van der Waals surface area contributed by atoms with E-state index in [-0.39, 0.29) is 12.5 Å². The number of nitrogens with two attached hydrogens (primary N) is 2. The number of fused-ring (bicyclic) bond motifs is 2. The largest absolute Gasteiger partial charge is 0.383 e. The molecular weight excluding hydrogens is 362 g/mol. The van der Waals surface area contributed by atoms with E-state index in [9.17, 15) is 4.79 Å². The lowest BCUT2D eigenvalue weighted by Crippen LogP contribution is -2.46. The zero-order valence-corrected chi connectivity index (χ0v) is 15.0. The summed E-state index contributed by atoms with van der Waals surface area (Å²) in [4.78, 5) is 23.0. The Bertz CT molecular complexity index is 1130. The van der Waals surface area contributed by atoms with Crippen LogP contribution in [0.2, 0.25) is 0 Å². The number of aromatic nitrogens is 3. The number of anilines is 2. The minimum Gasteiger partial charge on any atom is -0.383 e. The van der Waals surface area contributed by atoms with E-state index in [4.69, 9.17) is 20.7 Å². The van der Waals surface area contributed by atoms with Crippen molar-refractivity contribution in [1.82, 2.24) is 20.0 Å². The van der Waals surface area contributed by atoms with Crippen molar-refractivity contribution in [3.05, 3.63) is 35.7 Å². The van der Waals surface area contributed by atoms with Crippen LogP contribution >= 0.6 is 0 Å². The molecule has 0 spiro atoms. The normalized spacial score (nSPS) is 16.2. The van der Waals surface area contributed by atoms with Crippen molar-refractivity contribution in [2.24, 2.45) is 0 Å². The van der Waals surface area contributed by atoms with Crippen LogP contribution in [0.15, 0.2) is 29.0 Å². The zero-order valence-electron chi connectivity index (χ0n) is 15.0. The molecule has 1 aromatic carbocycles. The summed E-state index contributed by atoms with van der Waals surface area (Å²) in [5.74, 6) is 1.33.